The molecule has 4 rings (SSSR count). The number of aromatic carboxylic acids is 1. The highest BCUT2D eigenvalue weighted by Crippen LogP contribution is 2.34. The molecule has 0 saturated carbocycles. The number of nitrogens with zero attached hydrogens (tertiary/aromatic N) is 1. The first-order valence-corrected chi connectivity index (χ1v) is 10.3. The normalized spacial score (nSPS) is 14.8. The van der Waals surface area contributed by atoms with Crippen LogP contribution in [0.5, 0.6) is 11.5 Å². The van der Waals surface area contributed by atoms with E-state index >= 15 is 0 Å². The zero-order chi connectivity index (χ0) is 24.4. The van der Waals surface area contributed by atoms with Gasteiger partial charge in [0.2, 0.25) is 0 Å². The highest BCUT2D eigenvalue weighted by molar-refractivity contribution is 7.80. The van der Waals surface area contributed by atoms with Gasteiger partial charge in [-0.15, -0.1) is 0 Å². The molecule has 2 aromatic carbocycles. The summed E-state index contributed by atoms with van der Waals surface area (Å²) in [6.45, 7) is 0. The van der Waals surface area contributed by atoms with E-state index in [-0.39, 0.29) is 27.8 Å². The second kappa shape index (κ2) is 9.20. The van der Waals surface area contributed by atoms with Crippen molar-refractivity contribution in [2.75, 3.05) is 19.1 Å². The van der Waals surface area contributed by atoms with E-state index in [0.717, 1.165) is 4.90 Å². The van der Waals surface area contributed by atoms with Gasteiger partial charge in [0.1, 0.15) is 28.6 Å². The number of ether oxygens (including phenoxy) is 2. The molecule has 2 N–H and O–H groups in total. The molecule has 10 heteroatoms. The minimum absolute atomic E-state index is 0.0608. The van der Waals surface area contributed by atoms with Gasteiger partial charge in [-0.3, -0.25) is 14.9 Å². The average Bonchev–Trinajstić information content (AvgIpc) is 3.30. The molecule has 2 amide bonds. The van der Waals surface area contributed by atoms with E-state index in [1.165, 1.54) is 32.4 Å². The summed E-state index contributed by atoms with van der Waals surface area (Å²) >= 11 is 5.24. The number of methoxy groups -OCH3 is 2. The van der Waals surface area contributed by atoms with Gasteiger partial charge in [-0.05, 0) is 48.6 Å². The Kier molecular flexibility index (Phi) is 6.15. The van der Waals surface area contributed by atoms with Crippen LogP contribution in [0.1, 0.15) is 16.1 Å². The van der Waals surface area contributed by atoms with Crippen LogP contribution in [0.25, 0.3) is 17.4 Å². The summed E-state index contributed by atoms with van der Waals surface area (Å²) in [6.07, 6.45) is 1.27. The molecule has 2 heterocycles. The van der Waals surface area contributed by atoms with Crippen molar-refractivity contribution >= 4 is 46.9 Å². The number of hydrogen-bond acceptors (Lipinski definition) is 7. The molecule has 3 aromatic rings. The topological polar surface area (TPSA) is 118 Å². The molecule has 0 bridgehead atoms. The fourth-order valence-corrected chi connectivity index (χ4v) is 3.72. The van der Waals surface area contributed by atoms with Gasteiger partial charge in [-0.2, -0.15) is 0 Å². The predicted molar refractivity (Wildman–Crippen MR) is 127 cm³/mol. The molecule has 0 unspecified atom stereocenters. The summed E-state index contributed by atoms with van der Waals surface area (Å²) < 4.78 is 16.3. The smallest absolute Gasteiger partial charge is 0.336 e. The lowest BCUT2D eigenvalue weighted by Crippen LogP contribution is -2.54. The van der Waals surface area contributed by atoms with Crippen molar-refractivity contribution in [1.29, 1.82) is 0 Å². The molecule has 0 atom stereocenters. The van der Waals surface area contributed by atoms with E-state index in [4.69, 9.17) is 26.1 Å². The Bertz CT molecular complexity index is 1360. The van der Waals surface area contributed by atoms with Crippen LogP contribution in [0.3, 0.4) is 0 Å². The van der Waals surface area contributed by atoms with Crippen molar-refractivity contribution in [3.05, 3.63) is 71.5 Å². The Morgan fingerprint density at radius 1 is 1.09 bits per heavy atom. The second-order valence-corrected chi connectivity index (χ2v) is 7.44. The van der Waals surface area contributed by atoms with Gasteiger partial charge in [-0.25, -0.2) is 9.69 Å². The monoisotopic (exact) mass is 478 g/mol. The molecular formula is C24H18N2O7S. The number of hydrogen-bond donors (Lipinski definition) is 2. The first-order chi connectivity index (χ1) is 16.3. The van der Waals surface area contributed by atoms with E-state index in [2.05, 4.69) is 5.32 Å². The summed E-state index contributed by atoms with van der Waals surface area (Å²) in [5.41, 5.74) is 0.522. The molecule has 0 aliphatic carbocycles. The Hall–Kier alpha value is -4.44. The molecule has 1 aromatic heterocycles. The molecule has 172 valence electrons. The van der Waals surface area contributed by atoms with Crippen molar-refractivity contribution in [1.82, 2.24) is 5.32 Å². The number of benzene rings is 2. The van der Waals surface area contributed by atoms with Crippen LogP contribution in [0, 0.1) is 0 Å². The largest absolute Gasteiger partial charge is 0.497 e. The lowest BCUT2D eigenvalue weighted by Gasteiger charge is -2.29. The molecule has 1 aliphatic rings. The molecular weight excluding hydrogens is 460 g/mol. The Morgan fingerprint density at radius 2 is 1.85 bits per heavy atom. The maximum Gasteiger partial charge on any atom is 0.336 e. The number of carboxylic acid groups (broad SMARTS) is 1. The van der Waals surface area contributed by atoms with E-state index in [1.54, 1.807) is 42.5 Å². The zero-order valence-corrected chi connectivity index (χ0v) is 18.8. The third-order valence-corrected chi connectivity index (χ3v) is 5.35. The van der Waals surface area contributed by atoms with Gasteiger partial charge in [0, 0.05) is 11.6 Å². The molecule has 1 fully saturated rings. The van der Waals surface area contributed by atoms with Gasteiger partial charge >= 0.3 is 5.97 Å². The van der Waals surface area contributed by atoms with Crippen molar-refractivity contribution in [3.8, 4) is 22.8 Å². The third kappa shape index (κ3) is 4.14. The lowest BCUT2D eigenvalue weighted by atomic mass is 10.1. The number of carbonyl (C=O) groups is 3. The summed E-state index contributed by atoms with van der Waals surface area (Å²) in [7, 11) is 2.93. The van der Waals surface area contributed by atoms with Crippen molar-refractivity contribution in [2.24, 2.45) is 0 Å². The molecule has 0 spiro atoms. The van der Waals surface area contributed by atoms with Crippen molar-refractivity contribution in [3.63, 3.8) is 0 Å². The zero-order valence-electron chi connectivity index (χ0n) is 18.0. The van der Waals surface area contributed by atoms with Crippen LogP contribution in [0.4, 0.5) is 5.69 Å². The number of furan rings is 1. The predicted octanol–water partition coefficient (Wildman–Crippen LogP) is 3.49. The fraction of sp³-hybridized carbons (Fsp3) is 0.0833. The summed E-state index contributed by atoms with van der Waals surface area (Å²) in [4.78, 5) is 38.5. The highest BCUT2D eigenvalue weighted by Gasteiger charge is 2.36. The van der Waals surface area contributed by atoms with Gasteiger partial charge < -0.3 is 19.0 Å². The number of rotatable bonds is 6. The van der Waals surface area contributed by atoms with Crippen LogP contribution >= 0.6 is 12.2 Å². The fourth-order valence-electron chi connectivity index (χ4n) is 3.45. The van der Waals surface area contributed by atoms with E-state index in [1.807, 2.05) is 0 Å². The number of carboxylic acids is 1. The Morgan fingerprint density at radius 3 is 2.56 bits per heavy atom. The van der Waals surface area contributed by atoms with E-state index in [9.17, 15) is 19.5 Å². The van der Waals surface area contributed by atoms with Crippen molar-refractivity contribution in [2.45, 2.75) is 0 Å². The van der Waals surface area contributed by atoms with E-state index in [0.29, 0.717) is 22.7 Å². The first kappa shape index (κ1) is 22.7. The Labute approximate surface area is 199 Å². The quantitative estimate of drug-likeness (QED) is 0.314. The first-order valence-electron chi connectivity index (χ1n) is 9.90. The minimum atomic E-state index is -1.11. The maximum atomic E-state index is 13.3. The van der Waals surface area contributed by atoms with Crippen molar-refractivity contribution < 1.29 is 33.4 Å². The summed E-state index contributed by atoms with van der Waals surface area (Å²) in [5, 5.41) is 11.8. The SMILES string of the molecule is COc1ccc(N2C(=O)/C(=C/c3ccc(-c4ccccc4C(=O)O)o3)C(=O)NC2=S)c(OC)c1. The second-order valence-electron chi connectivity index (χ2n) is 7.05. The molecule has 1 aliphatic heterocycles. The third-order valence-electron chi connectivity index (χ3n) is 5.07. The van der Waals surface area contributed by atoms with Gasteiger partial charge in [0.15, 0.2) is 5.11 Å². The lowest BCUT2D eigenvalue weighted by molar-refractivity contribution is -0.122. The number of nitrogens with one attached hydrogen (secondary N) is 1. The van der Waals surface area contributed by atoms with Crippen LogP contribution < -0.4 is 19.7 Å². The Balaban J connectivity index is 1.71. The van der Waals surface area contributed by atoms with Gasteiger partial charge in [0.05, 0.1) is 25.5 Å². The standard InChI is InChI=1S/C24H18N2O7S/c1-31-13-7-9-18(20(12-13)32-2)26-22(28)17(21(27)25-24(26)34)11-14-8-10-19(33-14)15-5-3-4-6-16(15)23(29)30/h3-12H,1-2H3,(H,29,30)(H,25,27,34)/b17-11+. The van der Waals surface area contributed by atoms with Crippen LogP contribution in [-0.2, 0) is 9.59 Å². The van der Waals surface area contributed by atoms with Crippen LogP contribution in [-0.4, -0.2) is 42.2 Å². The minimum Gasteiger partial charge on any atom is -0.497 e. The van der Waals surface area contributed by atoms with Crippen LogP contribution in [0.2, 0.25) is 0 Å². The number of amides is 2. The molecule has 1 saturated heterocycles. The number of anilines is 1. The molecule has 9 nitrogen and oxygen atoms in total. The van der Waals surface area contributed by atoms with E-state index < -0.39 is 17.8 Å². The highest BCUT2D eigenvalue weighted by atomic mass is 32.1. The molecule has 34 heavy (non-hydrogen) atoms. The number of carbonyl (C=O) groups excluding carboxylic acids is 2. The summed E-state index contributed by atoms with van der Waals surface area (Å²) in [5.74, 6) is -1.19. The van der Waals surface area contributed by atoms with Gasteiger partial charge in [-0.1, -0.05) is 18.2 Å². The average molecular weight is 478 g/mol. The molecule has 0 radical (unpaired) electrons. The number of thiocarbonyl (C=S) groups is 1. The summed E-state index contributed by atoms with van der Waals surface area (Å²) in [6, 6.07) is 14.3. The van der Waals surface area contributed by atoms with Gasteiger partial charge in [0.25, 0.3) is 11.8 Å². The van der Waals surface area contributed by atoms with Crippen LogP contribution in [0.15, 0.2) is 64.6 Å². The maximum absolute atomic E-state index is 13.3.